The van der Waals surface area contributed by atoms with Crippen molar-refractivity contribution in [1.82, 2.24) is 15.1 Å². The molecular weight excluding hydrogens is 234 g/mol. The molecule has 1 atom stereocenters. The van der Waals surface area contributed by atoms with Crippen LogP contribution >= 0.6 is 0 Å². The van der Waals surface area contributed by atoms with Crippen LogP contribution in [0.25, 0.3) is 0 Å². The van der Waals surface area contributed by atoms with E-state index in [4.69, 9.17) is 5.11 Å². The molecule has 2 aliphatic rings. The van der Waals surface area contributed by atoms with E-state index in [0.29, 0.717) is 19.4 Å². The first-order valence-corrected chi connectivity index (χ1v) is 6.41. The molecule has 18 heavy (non-hydrogen) atoms. The summed E-state index contributed by atoms with van der Waals surface area (Å²) in [5.74, 6) is -0.797. The fourth-order valence-corrected chi connectivity index (χ4v) is 2.40. The molecule has 0 aromatic carbocycles. The van der Waals surface area contributed by atoms with Crippen LogP contribution in [-0.4, -0.2) is 66.2 Å². The van der Waals surface area contributed by atoms with Crippen LogP contribution in [0.3, 0.4) is 0 Å². The highest BCUT2D eigenvalue weighted by atomic mass is 16.4. The minimum absolute atomic E-state index is 0.136. The molecule has 0 aromatic heterocycles. The maximum Gasteiger partial charge on any atom is 0.317 e. The Hall–Kier alpha value is -1.30. The number of hydrogen-bond acceptors (Lipinski definition) is 3. The highest BCUT2D eigenvalue weighted by Gasteiger charge is 2.50. The average molecular weight is 255 g/mol. The Morgan fingerprint density at radius 2 is 2.06 bits per heavy atom. The summed E-state index contributed by atoms with van der Waals surface area (Å²) in [4.78, 5) is 27.0. The molecule has 6 heteroatoms. The zero-order chi connectivity index (χ0) is 13.3. The lowest BCUT2D eigenvalue weighted by Crippen LogP contribution is -2.56. The van der Waals surface area contributed by atoms with Gasteiger partial charge in [-0.3, -0.25) is 4.79 Å². The number of rotatable bonds is 3. The maximum absolute atomic E-state index is 12.0. The van der Waals surface area contributed by atoms with E-state index < -0.39 is 11.4 Å². The molecule has 1 saturated heterocycles. The fraction of sp³-hybridized carbons (Fsp3) is 0.833. The Morgan fingerprint density at radius 3 is 2.56 bits per heavy atom. The van der Waals surface area contributed by atoms with Gasteiger partial charge in [0.2, 0.25) is 0 Å². The second-order valence-electron chi connectivity index (χ2n) is 5.55. The maximum atomic E-state index is 12.0. The Kier molecular flexibility index (Phi) is 3.47. The second kappa shape index (κ2) is 4.76. The van der Waals surface area contributed by atoms with E-state index in [2.05, 4.69) is 10.2 Å². The van der Waals surface area contributed by atoms with Crippen LogP contribution in [0.4, 0.5) is 4.79 Å². The van der Waals surface area contributed by atoms with E-state index in [9.17, 15) is 9.59 Å². The Labute approximate surface area is 107 Å². The van der Waals surface area contributed by atoms with Crippen molar-refractivity contribution in [3.8, 4) is 0 Å². The SMILES string of the molecule is CC1CN(C)CCN1C(=O)NCC1(C(=O)O)CC1. The molecule has 1 unspecified atom stereocenters. The van der Waals surface area contributed by atoms with E-state index in [1.807, 2.05) is 14.0 Å². The number of carboxylic acid groups (broad SMARTS) is 1. The first kappa shape index (κ1) is 13.1. The van der Waals surface area contributed by atoms with Gasteiger partial charge in [-0.1, -0.05) is 0 Å². The van der Waals surface area contributed by atoms with E-state index in [1.165, 1.54) is 0 Å². The highest BCUT2D eigenvalue weighted by Crippen LogP contribution is 2.45. The van der Waals surface area contributed by atoms with Gasteiger partial charge in [-0.15, -0.1) is 0 Å². The number of carboxylic acids is 1. The zero-order valence-corrected chi connectivity index (χ0v) is 11.0. The number of carbonyl (C=O) groups excluding carboxylic acids is 1. The van der Waals surface area contributed by atoms with E-state index >= 15 is 0 Å². The molecule has 6 nitrogen and oxygen atoms in total. The summed E-state index contributed by atoms with van der Waals surface area (Å²) in [6.07, 6.45) is 1.34. The zero-order valence-electron chi connectivity index (χ0n) is 11.0. The third-order valence-electron chi connectivity index (χ3n) is 3.98. The number of nitrogens with zero attached hydrogens (tertiary/aromatic N) is 2. The van der Waals surface area contributed by atoms with Crippen molar-refractivity contribution in [2.24, 2.45) is 5.41 Å². The number of nitrogens with one attached hydrogen (secondary N) is 1. The van der Waals surface area contributed by atoms with Gasteiger partial charge in [0.25, 0.3) is 0 Å². The van der Waals surface area contributed by atoms with Gasteiger partial charge in [-0.25, -0.2) is 4.79 Å². The molecule has 0 spiro atoms. The highest BCUT2D eigenvalue weighted by molar-refractivity contribution is 5.80. The number of piperazine rings is 1. The smallest absolute Gasteiger partial charge is 0.317 e. The van der Waals surface area contributed by atoms with Gasteiger partial charge in [0, 0.05) is 32.2 Å². The van der Waals surface area contributed by atoms with E-state index in [1.54, 1.807) is 4.90 Å². The Balaban J connectivity index is 1.83. The molecule has 0 bridgehead atoms. The van der Waals surface area contributed by atoms with Crippen molar-refractivity contribution in [2.75, 3.05) is 33.2 Å². The quantitative estimate of drug-likeness (QED) is 0.755. The first-order chi connectivity index (χ1) is 8.44. The number of amides is 2. The van der Waals surface area contributed by atoms with Crippen LogP contribution in [0.1, 0.15) is 19.8 Å². The van der Waals surface area contributed by atoms with E-state index in [-0.39, 0.29) is 18.6 Å². The van der Waals surface area contributed by atoms with Gasteiger partial charge in [-0.05, 0) is 26.8 Å². The minimum atomic E-state index is -0.797. The number of carbonyl (C=O) groups is 2. The van der Waals surface area contributed by atoms with Crippen molar-refractivity contribution in [2.45, 2.75) is 25.8 Å². The van der Waals surface area contributed by atoms with Crippen LogP contribution in [0, 0.1) is 5.41 Å². The average Bonchev–Trinajstić information content (AvgIpc) is 3.07. The molecule has 2 N–H and O–H groups in total. The lowest BCUT2D eigenvalue weighted by molar-refractivity contribution is -0.143. The van der Waals surface area contributed by atoms with Gasteiger partial charge in [-0.2, -0.15) is 0 Å². The molecule has 2 rings (SSSR count). The molecule has 1 aliphatic carbocycles. The monoisotopic (exact) mass is 255 g/mol. The summed E-state index contributed by atoms with van der Waals surface area (Å²) in [5, 5.41) is 11.8. The summed E-state index contributed by atoms with van der Waals surface area (Å²) in [6, 6.07) is 0.0341. The van der Waals surface area contributed by atoms with Crippen LogP contribution in [-0.2, 0) is 4.79 Å². The summed E-state index contributed by atoms with van der Waals surface area (Å²) < 4.78 is 0. The van der Waals surface area contributed by atoms with Crippen LogP contribution in [0.15, 0.2) is 0 Å². The van der Waals surface area contributed by atoms with Crippen molar-refractivity contribution in [3.05, 3.63) is 0 Å². The van der Waals surface area contributed by atoms with Crippen LogP contribution in [0.2, 0.25) is 0 Å². The summed E-state index contributed by atoms with van der Waals surface area (Å²) in [5.41, 5.74) is -0.689. The number of likely N-dealkylation sites (N-methyl/N-ethyl adjacent to an activating group) is 1. The molecule has 2 amide bonds. The van der Waals surface area contributed by atoms with Gasteiger partial charge < -0.3 is 20.2 Å². The molecule has 0 radical (unpaired) electrons. The predicted octanol–water partition coefficient (Wildman–Crippen LogP) is 0.197. The second-order valence-corrected chi connectivity index (χ2v) is 5.55. The molecule has 1 heterocycles. The van der Waals surface area contributed by atoms with Gasteiger partial charge in [0.1, 0.15) is 0 Å². The fourth-order valence-electron chi connectivity index (χ4n) is 2.40. The predicted molar refractivity (Wildman–Crippen MR) is 66.4 cm³/mol. The first-order valence-electron chi connectivity index (χ1n) is 6.41. The summed E-state index contributed by atoms with van der Waals surface area (Å²) in [6.45, 7) is 4.68. The lowest BCUT2D eigenvalue weighted by Gasteiger charge is -2.38. The van der Waals surface area contributed by atoms with Crippen molar-refractivity contribution < 1.29 is 14.7 Å². The molecule has 1 saturated carbocycles. The standard InChI is InChI=1S/C12H21N3O3/c1-9-7-14(2)5-6-15(9)11(18)13-8-12(3-4-12)10(16)17/h9H,3-8H2,1-2H3,(H,13,18)(H,16,17). The normalized spacial score (nSPS) is 26.8. The van der Waals surface area contributed by atoms with Crippen molar-refractivity contribution >= 4 is 12.0 Å². The molecule has 102 valence electrons. The molecular formula is C12H21N3O3. The Morgan fingerprint density at radius 1 is 1.39 bits per heavy atom. The van der Waals surface area contributed by atoms with Crippen LogP contribution in [0.5, 0.6) is 0 Å². The van der Waals surface area contributed by atoms with E-state index in [0.717, 1.165) is 13.1 Å². The third-order valence-corrected chi connectivity index (χ3v) is 3.98. The van der Waals surface area contributed by atoms with Gasteiger partial charge >= 0.3 is 12.0 Å². The minimum Gasteiger partial charge on any atom is -0.481 e. The number of urea groups is 1. The largest absolute Gasteiger partial charge is 0.481 e. The summed E-state index contributed by atoms with van der Waals surface area (Å²) in [7, 11) is 2.04. The Bertz CT molecular complexity index is 354. The van der Waals surface area contributed by atoms with Crippen LogP contribution < -0.4 is 5.32 Å². The third kappa shape index (κ3) is 2.58. The molecule has 1 aliphatic heterocycles. The van der Waals surface area contributed by atoms with Crippen molar-refractivity contribution in [3.63, 3.8) is 0 Å². The van der Waals surface area contributed by atoms with Gasteiger partial charge in [0.05, 0.1) is 5.41 Å². The lowest BCUT2D eigenvalue weighted by atomic mass is 10.1. The molecule has 2 fully saturated rings. The summed E-state index contributed by atoms with van der Waals surface area (Å²) >= 11 is 0. The van der Waals surface area contributed by atoms with Gasteiger partial charge in [0.15, 0.2) is 0 Å². The molecule has 0 aromatic rings. The van der Waals surface area contributed by atoms with Crippen molar-refractivity contribution in [1.29, 1.82) is 0 Å². The number of hydrogen-bond donors (Lipinski definition) is 2. The number of aliphatic carboxylic acids is 1. The topological polar surface area (TPSA) is 72.9 Å².